The van der Waals surface area contributed by atoms with Gasteiger partial charge in [0.15, 0.2) is 11.6 Å². The van der Waals surface area contributed by atoms with Crippen LogP contribution in [0.4, 0.5) is 0 Å². The molecule has 1 aliphatic rings. The minimum Gasteiger partial charge on any atom is -0.278 e. The summed E-state index contributed by atoms with van der Waals surface area (Å²) in [7, 11) is 0. The van der Waals surface area contributed by atoms with Gasteiger partial charge in [0.1, 0.15) is 0 Å². The predicted octanol–water partition coefficient (Wildman–Crippen LogP) is 14.2. The Morgan fingerprint density at radius 1 is 0.387 bits per heavy atom. The maximum atomic E-state index is 5.25. The molecular weight excluding hydrogens is 755 g/mol. The number of aromatic nitrogens is 5. The van der Waals surface area contributed by atoms with Crippen molar-refractivity contribution in [3.8, 4) is 73.4 Å². The van der Waals surface area contributed by atoms with Crippen molar-refractivity contribution in [2.75, 3.05) is 0 Å². The second-order valence-electron chi connectivity index (χ2n) is 16.7. The first kappa shape index (κ1) is 35.9. The van der Waals surface area contributed by atoms with E-state index in [0.717, 1.165) is 71.8 Å². The Hall–Kier alpha value is -8.02. The standard InChI is InChI=1S/C57H39N5/c1-57(2)49-26-12-11-25-45(49)46-34-48-47-33-42(40-21-13-20-39(31-40)41-22-14-23-43(32-41)53-44-24-10-9-15-36(44)29-30-58-53)27-28-51(47)62(52(48)35-50(46)57)56-60-54(37-16-5-3-6-17-37)59-55(61-56)38-18-7-4-8-19-38/h3-35H,1-2H3. The fourth-order valence-corrected chi connectivity index (χ4v) is 9.58. The van der Waals surface area contributed by atoms with E-state index in [0.29, 0.717) is 17.6 Å². The quantitative estimate of drug-likeness (QED) is 0.168. The van der Waals surface area contributed by atoms with Crippen LogP contribution in [0.2, 0.25) is 0 Å². The molecule has 12 rings (SSSR count). The largest absolute Gasteiger partial charge is 0.278 e. The molecule has 11 aromatic rings. The third-order valence-electron chi connectivity index (χ3n) is 12.7. The zero-order valence-electron chi connectivity index (χ0n) is 34.3. The summed E-state index contributed by atoms with van der Waals surface area (Å²) in [6.45, 7) is 4.67. The van der Waals surface area contributed by atoms with Crippen LogP contribution < -0.4 is 0 Å². The maximum absolute atomic E-state index is 5.25. The molecule has 62 heavy (non-hydrogen) atoms. The number of hydrogen-bond donors (Lipinski definition) is 0. The van der Waals surface area contributed by atoms with Gasteiger partial charge in [0.2, 0.25) is 5.95 Å². The number of benzene rings is 8. The summed E-state index contributed by atoms with van der Waals surface area (Å²) in [5.74, 6) is 1.85. The van der Waals surface area contributed by atoms with Crippen molar-refractivity contribution in [3.63, 3.8) is 0 Å². The molecule has 0 spiro atoms. The smallest absolute Gasteiger partial charge is 0.238 e. The summed E-state index contributed by atoms with van der Waals surface area (Å²) < 4.78 is 2.25. The first-order valence-corrected chi connectivity index (χ1v) is 21.1. The van der Waals surface area contributed by atoms with Crippen LogP contribution in [-0.4, -0.2) is 24.5 Å². The lowest BCUT2D eigenvalue weighted by Gasteiger charge is -2.21. The summed E-state index contributed by atoms with van der Waals surface area (Å²) in [5, 5.41) is 4.63. The van der Waals surface area contributed by atoms with Gasteiger partial charge in [-0.1, -0.05) is 166 Å². The van der Waals surface area contributed by atoms with E-state index in [1.807, 2.05) is 42.6 Å². The SMILES string of the molecule is CC1(C)c2ccccc2-c2cc3c4cc(-c5cccc(-c6cccc(-c7nccc8ccccc78)c6)c5)ccc4n(-c4nc(-c5ccccc5)nc(-c5ccccc5)n4)c3cc21. The Morgan fingerprint density at radius 3 is 1.69 bits per heavy atom. The molecule has 0 radical (unpaired) electrons. The normalized spacial score (nSPS) is 12.8. The maximum Gasteiger partial charge on any atom is 0.238 e. The average Bonchev–Trinajstić information content (AvgIpc) is 3.78. The second kappa shape index (κ2) is 14.0. The van der Waals surface area contributed by atoms with E-state index in [2.05, 4.69) is 176 Å². The monoisotopic (exact) mass is 793 g/mol. The fourth-order valence-electron chi connectivity index (χ4n) is 9.58. The Bertz CT molecular complexity index is 3490. The number of rotatable bonds is 6. The van der Waals surface area contributed by atoms with Crippen molar-refractivity contribution in [1.29, 1.82) is 0 Å². The lowest BCUT2D eigenvalue weighted by molar-refractivity contribution is 0.661. The van der Waals surface area contributed by atoms with Crippen molar-refractivity contribution in [2.24, 2.45) is 0 Å². The Kier molecular flexibility index (Phi) is 8.12. The molecule has 8 aromatic carbocycles. The van der Waals surface area contributed by atoms with Crippen LogP contribution in [0.3, 0.4) is 0 Å². The highest BCUT2D eigenvalue weighted by Crippen LogP contribution is 2.51. The minimum absolute atomic E-state index is 0.183. The van der Waals surface area contributed by atoms with Crippen molar-refractivity contribution in [2.45, 2.75) is 19.3 Å². The van der Waals surface area contributed by atoms with E-state index < -0.39 is 0 Å². The molecule has 5 nitrogen and oxygen atoms in total. The minimum atomic E-state index is -0.183. The van der Waals surface area contributed by atoms with E-state index in [1.54, 1.807) is 0 Å². The molecule has 5 heteroatoms. The van der Waals surface area contributed by atoms with Crippen molar-refractivity contribution >= 4 is 32.6 Å². The third-order valence-corrected chi connectivity index (χ3v) is 12.7. The summed E-state index contributed by atoms with van der Waals surface area (Å²) in [4.78, 5) is 20.4. The van der Waals surface area contributed by atoms with Crippen LogP contribution in [0.25, 0.3) is 106 Å². The summed E-state index contributed by atoms with van der Waals surface area (Å²) >= 11 is 0. The lowest BCUT2D eigenvalue weighted by Crippen LogP contribution is -2.15. The summed E-state index contributed by atoms with van der Waals surface area (Å²) in [6, 6.07) is 69.0. The Balaban J connectivity index is 1.06. The molecule has 0 saturated carbocycles. The molecular formula is C57H39N5. The number of pyridine rings is 1. The molecule has 0 amide bonds. The zero-order chi connectivity index (χ0) is 41.4. The van der Waals surface area contributed by atoms with Crippen LogP contribution in [0.15, 0.2) is 200 Å². The highest BCUT2D eigenvalue weighted by atomic mass is 15.2. The lowest BCUT2D eigenvalue weighted by atomic mass is 9.82. The van der Waals surface area contributed by atoms with Gasteiger partial charge in [-0.05, 0) is 92.4 Å². The van der Waals surface area contributed by atoms with E-state index in [9.17, 15) is 0 Å². The second-order valence-corrected chi connectivity index (χ2v) is 16.7. The Labute approximate surface area is 359 Å². The van der Waals surface area contributed by atoms with Crippen LogP contribution >= 0.6 is 0 Å². The third kappa shape index (κ3) is 5.77. The summed E-state index contributed by atoms with van der Waals surface area (Å²) in [5.41, 5.74) is 15.7. The van der Waals surface area contributed by atoms with E-state index >= 15 is 0 Å². The van der Waals surface area contributed by atoms with Crippen LogP contribution in [0.5, 0.6) is 0 Å². The number of fused-ring (bicyclic) bond motifs is 7. The van der Waals surface area contributed by atoms with Crippen molar-refractivity contribution < 1.29 is 0 Å². The molecule has 0 aliphatic heterocycles. The highest BCUT2D eigenvalue weighted by molar-refractivity contribution is 6.12. The molecule has 0 N–H and O–H groups in total. The van der Waals surface area contributed by atoms with Gasteiger partial charge >= 0.3 is 0 Å². The van der Waals surface area contributed by atoms with Gasteiger partial charge in [-0.2, -0.15) is 9.97 Å². The first-order chi connectivity index (χ1) is 30.5. The number of hydrogen-bond acceptors (Lipinski definition) is 4. The van der Waals surface area contributed by atoms with Gasteiger partial charge in [0.25, 0.3) is 0 Å². The Morgan fingerprint density at radius 2 is 0.968 bits per heavy atom. The summed E-state index contributed by atoms with van der Waals surface area (Å²) in [6.07, 6.45) is 1.90. The van der Waals surface area contributed by atoms with Crippen molar-refractivity contribution in [3.05, 3.63) is 211 Å². The van der Waals surface area contributed by atoms with Gasteiger partial charge < -0.3 is 0 Å². The van der Waals surface area contributed by atoms with Gasteiger partial charge in [0.05, 0.1) is 16.7 Å². The zero-order valence-corrected chi connectivity index (χ0v) is 34.3. The van der Waals surface area contributed by atoms with Crippen LogP contribution in [-0.2, 0) is 5.41 Å². The van der Waals surface area contributed by atoms with E-state index in [4.69, 9.17) is 19.9 Å². The van der Waals surface area contributed by atoms with Gasteiger partial charge in [-0.25, -0.2) is 4.98 Å². The molecule has 0 saturated heterocycles. The fraction of sp³-hybridized carbons (Fsp3) is 0.0526. The molecule has 3 heterocycles. The topological polar surface area (TPSA) is 56.5 Å². The first-order valence-electron chi connectivity index (χ1n) is 21.1. The van der Waals surface area contributed by atoms with Crippen LogP contribution in [0, 0.1) is 0 Å². The molecule has 0 bridgehead atoms. The van der Waals surface area contributed by atoms with Gasteiger partial charge in [0, 0.05) is 44.5 Å². The average molecular weight is 794 g/mol. The van der Waals surface area contributed by atoms with Gasteiger partial charge in [-0.15, -0.1) is 0 Å². The number of nitrogens with zero attached hydrogens (tertiary/aromatic N) is 5. The molecule has 1 aliphatic carbocycles. The van der Waals surface area contributed by atoms with E-state index in [-0.39, 0.29) is 5.41 Å². The van der Waals surface area contributed by atoms with Crippen molar-refractivity contribution in [1.82, 2.24) is 24.5 Å². The molecule has 292 valence electrons. The van der Waals surface area contributed by atoms with Gasteiger partial charge in [-0.3, -0.25) is 9.55 Å². The molecule has 0 unspecified atom stereocenters. The molecule has 0 fully saturated rings. The molecule has 3 aromatic heterocycles. The molecule has 0 atom stereocenters. The van der Waals surface area contributed by atoms with Crippen LogP contribution in [0.1, 0.15) is 25.0 Å². The highest BCUT2D eigenvalue weighted by Gasteiger charge is 2.36. The van der Waals surface area contributed by atoms with E-state index in [1.165, 1.54) is 27.6 Å². The predicted molar refractivity (Wildman–Crippen MR) is 254 cm³/mol.